The lowest BCUT2D eigenvalue weighted by Gasteiger charge is -2.53. The van der Waals surface area contributed by atoms with Gasteiger partial charge in [-0.1, -0.05) is 123 Å². The molecule has 0 amide bonds. The molecule has 0 bridgehead atoms. The Hall–Kier alpha value is -2.60. The van der Waals surface area contributed by atoms with Crippen LogP contribution < -0.4 is 0 Å². The van der Waals surface area contributed by atoms with E-state index in [1.54, 1.807) is 5.57 Å². The molecule has 0 N–H and O–H groups in total. The van der Waals surface area contributed by atoms with Crippen LogP contribution in [0.25, 0.3) is 0 Å². The van der Waals surface area contributed by atoms with Crippen LogP contribution in [0.2, 0.25) is 0 Å². The molecule has 148 valence electrons. The summed E-state index contributed by atoms with van der Waals surface area (Å²) in [5, 5.41) is 0. The van der Waals surface area contributed by atoms with E-state index in [2.05, 4.69) is 118 Å². The zero-order valence-corrected chi connectivity index (χ0v) is 17.9. The van der Waals surface area contributed by atoms with E-state index in [1.807, 2.05) is 0 Å². The third kappa shape index (κ3) is 2.81. The Bertz CT molecular complexity index is 904. The lowest BCUT2D eigenvalue weighted by molar-refractivity contribution is 0.218. The molecule has 0 saturated carbocycles. The fourth-order valence-electron chi connectivity index (χ4n) is 6.07. The quantitative estimate of drug-likeness (QED) is 0.459. The lowest BCUT2D eigenvalue weighted by Crippen LogP contribution is -2.50. The van der Waals surface area contributed by atoms with Crippen LogP contribution in [0.5, 0.6) is 0 Å². The van der Waals surface area contributed by atoms with Gasteiger partial charge in [0.05, 0.1) is 0 Å². The zero-order chi connectivity index (χ0) is 20.3. The summed E-state index contributed by atoms with van der Waals surface area (Å²) < 4.78 is 0. The van der Waals surface area contributed by atoms with Crippen LogP contribution in [0.3, 0.4) is 0 Å². The number of allylic oxidation sites excluding steroid dienone is 8. The molecule has 2 aliphatic carbocycles. The van der Waals surface area contributed by atoms with Crippen molar-refractivity contribution < 1.29 is 0 Å². The van der Waals surface area contributed by atoms with Crippen molar-refractivity contribution in [3.8, 4) is 0 Å². The first-order valence-electron chi connectivity index (χ1n) is 11.1. The Morgan fingerprint density at radius 2 is 1.31 bits per heavy atom. The average molecular weight is 381 g/mol. The first-order chi connectivity index (χ1) is 14.2. The molecule has 29 heavy (non-hydrogen) atoms. The first kappa shape index (κ1) is 19.7. The molecule has 0 aliphatic heterocycles. The molecule has 0 fully saturated rings. The van der Waals surface area contributed by atoms with Crippen LogP contribution in [0.4, 0.5) is 0 Å². The van der Waals surface area contributed by atoms with Crippen LogP contribution in [0, 0.1) is 11.3 Å². The Morgan fingerprint density at radius 3 is 1.76 bits per heavy atom. The fraction of sp³-hybridized carbons (Fsp3) is 0.310. The first-order valence-corrected chi connectivity index (χ1v) is 11.1. The van der Waals surface area contributed by atoms with E-state index < -0.39 is 0 Å². The van der Waals surface area contributed by atoms with Crippen molar-refractivity contribution in [2.75, 3.05) is 0 Å². The number of hydrogen-bond acceptors (Lipinski definition) is 0. The van der Waals surface area contributed by atoms with Crippen LogP contribution in [-0.4, -0.2) is 0 Å². The Balaban J connectivity index is 2.14. The summed E-state index contributed by atoms with van der Waals surface area (Å²) in [5.74, 6) is 0.314. The van der Waals surface area contributed by atoms with Crippen molar-refractivity contribution in [1.82, 2.24) is 0 Å². The normalized spacial score (nSPS) is 21.5. The number of benzene rings is 2. The number of hydrogen-bond donors (Lipinski definition) is 0. The molecule has 2 aliphatic rings. The standard InChI is InChI=1S/C29H32/c1-4-23-21-22-28(6-3,27(23)5-2)29(26-19-13-14-20-26,24-15-9-7-10-16-24)25-17-11-8-12-18-25/h7-22,26H,4-6H2,1-3H3. The molecule has 0 aromatic heterocycles. The van der Waals surface area contributed by atoms with Gasteiger partial charge in [0.25, 0.3) is 0 Å². The second-order valence-corrected chi connectivity index (χ2v) is 8.20. The van der Waals surface area contributed by atoms with Crippen molar-refractivity contribution in [2.24, 2.45) is 11.3 Å². The maximum absolute atomic E-state index is 2.55. The van der Waals surface area contributed by atoms with E-state index in [1.165, 1.54) is 16.7 Å². The third-order valence-electron chi connectivity index (χ3n) is 7.20. The molecule has 0 spiro atoms. The minimum Gasteiger partial charge on any atom is -0.0763 e. The second kappa shape index (κ2) is 8.03. The van der Waals surface area contributed by atoms with Crippen LogP contribution >= 0.6 is 0 Å². The highest BCUT2D eigenvalue weighted by Crippen LogP contribution is 2.62. The van der Waals surface area contributed by atoms with E-state index in [0.717, 1.165) is 19.3 Å². The average Bonchev–Trinajstić information content (AvgIpc) is 3.45. The van der Waals surface area contributed by atoms with Crippen LogP contribution in [0.15, 0.2) is 108 Å². The maximum Gasteiger partial charge on any atom is 0.0428 e. The van der Waals surface area contributed by atoms with Crippen LogP contribution in [-0.2, 0) is 5.41 Å². The number of rotatable bonds is 7. The molecular weight excluding hydrogens is 348 g/mol. The van der Waals surface area contributed by atoms with Gasteiger partial charge in [0.2, 0.25) is 0 Å². The third-order valence-corrected chi connectivity index (χ3v) is 7.20. The summed E-state index contributed by atoms with van der Waals surface area (Å²) in [5.41, 5.74) is 5.73. The lowest BCUT2D eigenvalue weighted by atomic mass is 9.48. The van der Waals surface area contributed by atoms with Gasteiger partial charge in [-0.3, -0.25) is 0 Å². The summed E-state index contributed by atoms with van der Waals surface area (Å²) in [6, 6.07) is 22.4. The molecule has 2 aromatic carbocycles. The highest BCUT2D eigenvalue weighted by Gasteiger charge is 2.57. The minimum absolute atomic E-state index is 0.0422. The monoisotopic (exact) mass is 380 g/mol. The van der Waals surface area contributed by atoms with Crippen molar-refractivity contribution in [3.05, 3.63) is 119 Å². The van der Waals surface area contributed by atoms with Gasteiger partial charge < -0.3 is 0 Å². The summed E-state index contributed by atoms with van der Waals surface area (Å²) in [6.45, 7) is 7.01. The predicted molar refractivity (Wildman–Crippen MR) is 125 cm³/mol. The highest BCUT2D eigenvalue weighted by molar-refractivity contribution is 5.57. The minimum atomic E-state index is -0.174. The SMILES string of the molecule is CCC1=C(CC)C(CC)(C(c2ccccc2)(c2ccccc2)C2C=CC=C2)C=C1. The topological polar surface area (TPSA) is 0 Å². The van der Waals surface area contributed by atoms with Gasteiger partial charge in [-0.2, -0.15) is 0 Å². The predicted octanol–water partition coefficient (Wildman–Crippen LogP) is 7.80. The fourth-order valence-corrected chi connectivity index (χ4v) is 6.07. The van der Waals surface area contributed by atoms with E-state index in [9.17, 15) is 0 Å². The van der Waals surface area contributed by atoms with E-state index in [0.29, 0.717) is 5.92 Å². The molecule has 0 heteroatoms. The van der Waals surface area contributed by atoms with Gasteiger partial charge in [0.1, 0.15) is 0 Å². The van der Waals surface area contributed by atoms with Gasteiger partial charge in [-0.25, -0.2) is 0 Å². The molecule has 1 atom stereocenters. The van der Waals surface area contributed by atoms with Crippen molar-refractivity contribution in [2.45, 2.75) is 45.4 Å². The molecule has 2 aromatic rings. The Labute approximate surface area is 176 Å². The maximum atomic E-state index is 2.55. The summed E-state index contributed by atoms with van der Waals surface area (Å²) in [4.78, 5) is 0. The van der Waals surface area contributed by atoms with Gasteiger partial charge in [-0.05, 0) is 36.0 Å². The highest BCUT2D eigenvalue weighted by atomic mass is 14.6. The van der Waals surface area contributed by atoms with E-state index in [-0.39, 0.29) is 10.8 Å². The Kier molecular flexibility index (Phi) is 5.46. The summed E-state index contributed by atoms with van der Waals surface area (Å²) >= 11 is 0. The summed E-state index contributed by atoms with van der Waals surface area (Å²) in [7, 11) is 0. The molecular formula is C29H32. The molecule has 0 heterocycles. The Morgan fingerprint density at radius 1 is 0.759 bits per heavy atom. The molecule has 0 radical (unpaired) electrons. The van der Waals surface area contributed by atoms with Gasteiger partial charge in [0, 0.05) is 16.7 Å². The van der Waals surface area contributed by atoms with Crippen molar-refractivity contribution >= 4 is 0 Å². The molecule has 0 nitrogen and oxygen atoms in total. The smallest absolute Gasteiger partial charge is 0.0428 e. The zero-order valence-electron chi connectivity index (χ0n) is 17.9. The van der Waals surface area contributed by atoms with Gasteiger partial charge >= 0.3 is 0 Å². The molecule has 0 saturated heterocycles. The second-order valence-electron chi connectivity index (χ2n) is 8.20. The van der Waals surface area contributed by atoms with E-state index in [4.69, 9.17) is 0 Å². The van der Waals surface area contributed by atoms with Crippen molar-refractivity contribution in [3.63, 3.8) is 0 Å². The molecule has 1 unspecified atom stereocenters. The van der Waals surface area contributed by atoms with Gasteiger partial charge in [0.15, 0.2) is 0 Å². The molecule has 4 rings (SSSR count). The largest absolute Gasteiger partial charge is 0.0763 e. The van der Waals surface area contributed by atoms with Crippen molar-refractivity contribution in [1.29, 1.82) is 0 Å². The van der Waals surface area contributed by atoms with Crippen LogP contribution in [0.1, 0.15) is 51.2 Å². The summed E-state index contributed by atoms with van der Waals surface area (Å²) in [6.07, 6.45) is 17.5. The van der Waals surface area contributed by atoms with Gasteiger partial charge in [-0.15, -0.1) is 0 Å². The van der Waals surface area contributed by atoms with E-state index >= 15 is 0 Å².